The number of hydrogen-bond acceptors (Lipinski definition) is 4. The molecule has 202 valence electrons. The van der Waals surface area contributed by atoms with Gasteiger partial charge in [-0.3, -0.25) is 4.98 Å². The molecule has 1 aliphatic rings. The fraction of sp³-hybridized carbons (Fsp3) is 0.0278. The van der Waals surface area contributed by atoms with E-state index in [1.54, 1.807) is 6.33 Å². The molecule has 9 rings (SSSR count). The Labute approximate surface area is 256 Å². The van der Waals surface area contributed by atoms with Gasteiger partial charge in [0.25, 0.3) is 0 Å². The average Bonchev–Trinajstić information content (AvgIpc) is 3.67. The molecule has 0 atom stereocenters. The van der Waals surface area contributed by atoms with E-state index in [1.807, 2.05) is 30.5 Å². The summed E-state index contributed by atoms with van der Waals surface area (Å²) in [6.07, 6.45) is 3.45. The average molecular weight is 719 g/mol. The smallest absolute Gasteiger partial charge is 0.504 e. The molecule has 0 saturated carbocycles. The third-order valence-corrected chi connectivity index (χ3v) is 7.85. The minimum atomic E-state index is 0. The number of imidazole rings is 1. The monoisotopic (exact) mass is 719 g/mol. The van der Waals surface area contributed by atoms with Gasteiger partial charge >= 0.3 is 20.1 Å². The number of hydrogen-bond donors (Lipinski definition) is 0. The molecular weight excluding hydrogens is 695 g/mol. The maximum Gasteiger partial charge on any atom is 3.00 e. The second kappa shape index (κ2) is 10.6. The summed E-state index contributed by atoms with van der Waals surface area (Å²) in [5.41, 5.74) is 6.22. The van der Waals surface area contributed by atoms with Crippen molar-refractivity contribution in [1.82, 2.24) is 15.0 Å². The Kier molecular flexibility index (Phi) is 6.58. The van der Waals surface area contributed by atoms with Crippen LogP contribution in [0.2, 0.25) is 0 Å². The van der Waals surface area contributed by atoms with Crippen LogP contribution in [0, 0.1) is 12.7 Å². The zero-order valence-corrected chi connectivity index (χ0v) is 25.1. The van der Waals surface area contributed by atoms with Crippen LogP contribution in [0.25, 0.3) is 54.3 Å². The van der Waals surface area contributed by atoms with Crippen LogP contribution in [0.15, 0.2) is 122 Å². The van der Waals surface area contributed by atoms with Crippen molar-refractivity contribution in [2.24, 2.45) is 0 Å². The molecule has 8 aromatic rings. The van der Waals surface area contributed by atoms with Crippen molar-refractivity contribution in [3.05, 3.63) is 134 Å². The van der Waals surface area contributed by atoms with E-state index in [0.717, 1.165) is 33.0 Å². The van der Waals surface area contributed by atoms with Gasteiger partial charge in [0.1, 0.15) is 0 Å². The topological polar surface area (TPSA) is 46.4 Å². The van der Waals surface area contributed by atoms with E-state index >= 15 is 0 Å². The van der Waals surface area contributed by atoms with E-state index in [9.17, 15) is 0 Å². The van der Waals surface area contributed by atoms with Crippen LogP contribution in [0.4, 0.5) is 17.1 Å². The number of para-hydroxylation sites is 3. The summed E-state index contributed by atoms with van der Waals surface area (Å²) in [5.74, 6) is 0. The Morgan fingerprint density at radius 1 is 0.667 bits per heavy atom. The van der Waals surface area contributed by atoms with E-state index in [1.165, 1.54) is 38.3 Å². The van der Waals surface area contributed by atoms with Crippen molar-refractivity contribution >= 4 is 71.3 Å². The molecule has 0 amide bonds. The largest absolute Gasteiger partial charge is 3.00 e. The number of pyridine rings is 1. The van der Waals surface area contributed by atoms with Crippen LogP contribution in [0.5, 0.6) is 0 Å². The molecular formula is C36H24IrN5. The second-order valence-electron chi connectivity index (χ2n) is 10.2. The number of benzene rings is 6. The molecule has 2 aromatic heterocycles. The molecule has 0 spiro atoms. The van der Waals surface area contributed by atoms with Gasteiger partial charge in [-0.15, -0.1) is 5.69 Å². The van der Waals surface area contributed by atoms with Gasteiger partial charge in [0.2, 0.25) is 0 Å². The molecule has 0 radical (unpaired) electrons. The minimum absolute atomic E-state index is 0. The molecule has 0 unspecified atom stereocenters. The Morgan fingerprint density at radius 2 is 1.40 bits per heavy atom. The molecule has 6 aromatic carbocycles. The maximum absolute atomic E-state index is 4.58. The van der Waals surface area contributed by atoms with Gasteiger partial charge in [0.05, 0.1) is 5.52 Å². The van der Waals surface area contributed by atoms with Gasteiger partial charge in [-0.2, -0.15) is 37.0 Å². The number of aromatic nitrogens is 3. The summed E-state index contributed by atoms with van der Waals surface area (Å²) in [7, 11) is 2.06. The zero-order chi connectivity index (χ0) is 27.3. The summed E-state index contributed by atoms with van der Waals surface area (Å²) in [5, 5.41) is 8.45. The number of fused-ring (bicyclic) bond motifs is 11. The van der Waals surface area contributed by atoms with Crippen LogP contribution < -0.4 is 14.8 Å². The molecule has 5 nitrogen and oxygen atoms in total. The van der Waals surface area contributed by atoms with Crippen molar-refractivity contribution in [3.63, 3.8) is 0 Å². The fourth-order valence-corrected chi connectivity index (χ4v) is 5.99. The third kappa shape index (κ3) is 4.11. The van der Waals surface area contributed by atoms with Crippen molar-refractivity contribution in [1.29, 1.82) is 0 Å². The molecule has 6 heteroatoms. The van der Waals surface area contributed by atoms with E-state index in [4.69, 9.17) is 0 Å². The Bertz CT molecular complexity index is 2220. The first-order valence-corrected chi connectivity index (χ1v) is 13.6. The Morgan fingerprint density at radius 3 is 2.29 bits per heavy atom. The Balaban J connectivity index is 0.000000147. The summed E-state index contributed by atoms with van der Waals surface area (Å²) in [6.45, 7) is 2.08. The SMILES string of the molecule is CN1[CH-]N(c2[c-]cccc2)c2ccccc21.[Ir+3].c1ccc2c(c1)ccc1c2ccc2c3cccnc3c3[n-]cnc3c12. The van der Waals surface area contributed by atoms with E-state index in [0.29, 0.717) is 0 Å². The van der Waals surface area contributed by atoms with Gasteiger partial charge in [-0.25, -0.2) is 0 Å². The molecule has 0 bridgehead atoms. The van der Waals surface area contributed by atoms with E-state index in [-0.39, 0.29) is 20.1 Å². The fourth-order valence-electron chi connectivity index (χ4n) is 5.99. The first-order chi connectivity index (χ1) is 20.3. The minimum Gasteiger partial charge on any atom is -0.504 e. The van der Waals surface area contributed by atoms with Gasteiger partial charge in [0, 0.05) is 23.0 Å². The first kappa shape index (κ1) is 26.1. The van der Waals surface area contributed by atoms with Crippen LogP contribution in [0.1, 0.15) is 0 Å². The summed E-state index contributed by atoms with van der Waals surface area (Å²) >= 11 is 0. The van der Waals surface area contributed by atoms with Crippen LogP contribution in [0.3, 0.4) is 0 Å². The van der Waals surface area contributed by atoms with Crippen molar-refractivity contribution in [2.75, 3.05) is 16.8 Å². The van der Waals surface area contributed by atoms with Crippen molar-refractivity contribution in [3.8, 4) is 0 Å². The molecule has 0 aliphatic carbocycles. The predicted molar refractivity (Wildman–Crippen MR) is 169 cm³/mol. The van der Waals surface area contributed by atoms with Crippen LogP contribution >= 0.6 is 0 Å². The number of nitrogens with zero attached hydrogens (tertiary/aromatic N) is 5. The third-order valence-electron chi connectivity index (χ3n) is 7.85. The standard InChI is InChI=1S/C22H12N3.C14H12N2.Ir/c1-2-5-14-13(4-1)7-8-16-15(14)9-10-17-18-6-3-11-23-20(18)22-21(19(16)17)24-12-25-22;1-15-11-16(12-7-3-2-4-8-12)14-10-6-5-9-13(14)15;/h1-12H;2-7,9-11H,1H3;/q-1;-2;+3. The number of anilines is 3. The summed E-state index contributed by atoms with van der Waals surface area (Å²) in [4.78, 5) is 17.9. The zero-order valence-electron chi connectivity index (χ0n) is 22.7. The van der Waals surface area contributed by atoms with Gasteiger partial charge < -0.3 is 19.8 Å². The first-order valence-electron chi connectivity index (χ1n) is 13.6. The number of rotatable bonds is 1. The van der Waals surface area contributed by atoms with Crippen LogP contribution in [-0.2, 0) is 20.1 Å². The summed E-state index contributed by atoms with van der Waals surface area (Å²) in [6, 6.07) is 41.0. The van der Waals surface area contributed by atoms with E-state index in [2.05, 4.69) is 129 Å². The predicted octanol–water partition coefficient (Wildman–Crippen LogP) is 8.39. The van der Waals surface area contributed by atoms with Gasteiger partial charge in [-0.1, -0.05) is 73.1 Å². The molecule has 0 saturated heterocycles. The molecule has 1 aliphatic heterocycles. The molecule has 0 N–H and O–H groups in total. The Hall–Kier alpha value is -4.77. The normalized spacial score (nSPS) is 12.5. The molecule has 0 fully saturated rings. The second-order valence-corrected chi connectivity index (χ2v) is 10.2. The summed E-state index contributed by atoms with van der Waals surface area (Å²) < 4.78 is 0. The maximum atomic E-state index is 4.58. The van der Waals surface area contributed by atoms with E-state index < -0.39 is 0 Å². The molecule has 42 heavy (non-hydrogen) atoms. The van der Waals surface area contributed by atoms with Crippen LogP contribution in [-0.4, -0.2) is 17.0 Å². The van der Waals surface area contributed by atoms with Crippen molar-refractivity contribution < 1.29 is 20.1 Å². The molecule has 3 heterocycles. The van der Waals surface area contributed by atoms with Gasteiger partial charge in [0.15, 0.2) is 0 Å². The van der Waals surface area contributed by atoms with Crippen molar-refractivity contribution in [2.45, 2.75) is 0 Å². The van der Waals surface area contributed by atoms with Gasteiger partial charge in [-0.05, 0) is 68.6 Å². The quantitative estimate of drug-likeness (QED) is 0.126.